The topological polar surface area (TPSA) is 0 Å². The van der Waals surface area contributed by atoms with Crippen molar-refractivity contribution in [2.75, 3.05) is 0 Å². The zero-order valence-electron chi connectivity index (χ0n) is 14.4. The van der Waals surface area contributed by atoms with Crippen molar-refractivity contribution in [2.24, 2.45) is 0 Å². The third-order valence-corrected chi connectivity index (χ3v) is 4.93. The second-order valence-corrected chi connectivity index (χ2v) is 6.91. The van der Waals surface area contributed by atoms with E-state index in [0.29, 0.717) is 0 Å². The van der Waals surface area contributed by atoms with Crippen LogP contribution in [0.5, 0.6) is 0 Å². The Hall–Kier alpha value is -0.820. The molecule has 1 rings (SSSR count). The third kappa shape index (κ3) is 7.13. The van der Waals surface area contributed by atoms with Crippen LogP contribution in [-0.2, 0) is 0 Å². The smallest absolute Gasteiger partial charge is 0.0276 e. The summed E-state index contributed by atoms with van der Waals surface area (Å²) in [4.78, 5) is 2.83. The highest BCUT2D eigenvalue weighted by Crippen LogP contribution is 2.25. The van der Waals surface area contributed by atoms with Crippen LogP contribution in [0, 0.1) is 0 Å². The predicted octanol–water partition coefficient (Wildman–Crippen LogP) is 7.72. The Morgan fingerprint density at radius 2 is 1.24 bits per heavy atom. The van der Waals surface area contributed by atoms with Crippen LogP contribution < -0.4 is 0 Å². The molecule has 118 valence electrons. The summed E-state index contributed by atoms with van der Waals surface area (Å²) in [6.45, 7) is 9.08. The van der Waals surface area contributed by atoms with Crippen molar-refractivity contribution in [1.82, 2.24) is 0 Å². The van der Waals surface area contributed by atoms with Crippen LogP contribution in [0.3, 0.4) is 0 Å². The van der Waals surface area contributed by atoms with Crippen LogP contribution in [0.2, 0.25) is 0 Å². The van der Waals surface area contributed by atoms with Gasteiger partial charge < -0.3 is 0 Å². The van der Waals surface area contributed by atoms with Gasteiger partial charge in [-0.15, -0.1) is 11.3 Å². The molecule has 1 aromatic heterocycles. The van der Waals surface area contributed by atoms with Crippen molar-refractivity contribution >= 4 is 23.5 Å². The molecule has 0 aliphatic rings. The maximum Gasteiger partial charge on any atom is 0.0276 e. The molecule has 1 heterocycles. The van der Waals surface area contributed by atoms with Crippen LogP contribution in [0.25, 0.3) is 12.2 Å². The summed E-state index contributed by atoms with van der Waals surface area (Å²) in [6, 6.07) is 4.57. The average Bonchev–Trinajstić information content (AvgIpc) is 2.94. The minimum atomic E-state index is 1.18. The minimum Gasteiger partial charge on any atom is -0.137 e. The largest absolute Gasteiger partial charge is 0.137 e. The quantitative estimate of drug-likeness (QED) is 0.415. The molecule has 0 nitrogen and oxygen atoms in total. The predicted molar refractivity (Wildman–Crippen MR) is 99.9 cm³/mol. The highest BCUT2D eigenvalue weighted by molar-refractivity contribution is 7.13. The van der Waals surface area contributed by atoms with Crippen molar-refractivity contribution in [3.05, 3.63) is 33.0 Å². The van der Waals surface area contributed by atoms with E-state index in [0.717, 1.165) is 0 Å². The van der Waals surface area contributed by atoms with Gasteiger partial charge in [-0.25, -0.2) is 0 Å². The Morgan fingerprint density at radius 1 is 0.810 bits per heavy atom. The zero-order valence-corrected chi connectivity index (χ0v) is 15.2. The van der Waals surface area contributed by atoms with Gasteiger partial charge in [-0.05, 0) is 62.8 Å². The molecular weight excluding hydrogens is 272 g/mol. The number of hydrogen-bond donors (Lipinski definition) is 0. The molecule has 21 heavy (non-hydrogen) atoms. The summed E-state index contributed by atoms with van der Waals surface area (Å²) in [5, 5.41) is 0. The lowest BCUT2D eigenvalue weighted by molar-refractivity contribution is 0.770. The van der Waals surface area contributed by atoms with Crippen molar-refractivity contribution in [1.29, 1.82) is 0 Å². The van der Waals surface area contributed by atoms with Crippen LogP contribution >= 0.6 is 11.3 Å². The van der Waals surface area contributed by atoms with Gasteiger partial charge in [0, 0.05) is 9.75 Å². The van der Waals surface area contributed by atoms with Crippen molar-refractivity contribution in [3.8, 4) is 0 Å². The molecule has 0 spiro atoms. The molecule has 0 aliphatic heterocycles. The van der Waals surface area contributed by atoms with Gasteiger partial charge in [0.25, 0.3) is 0 Å². The fourth-order valence-corrected chi connectivity index (χ4v) is 3.43. The third-order valence-electron chi connectivity index (χ3n) is 3.95. The minimum absolute atomic E-state index is 1.18. The van der Waals surface area contributed by atoms with Crippen molar-refractivity contribution in [2.45, 2.75) is 79.1 Å². The monoisotopic (exact) mass is 304 g/mol. The SMILES string of the molecule is CCCCC(=Cc1ccc(C=C(CC)CCCC)s1)CC. The Labute approximate surface area is 136 Å². The highest BCUT2D eigenvalue weighted by Gasteiger charge is 2.01. The lowest BCUT2D eigenvalue weighted by Gasteiger charge is -2.03. The number of thiophene rings is 1. The van der Waals surface area contributed by atoms with Crippen molar-refractivity contribution < 1.29 is 0 Å². The van der Waals surface area contributed by atoms with Gasteiger partial charge >= 0.3 is 0 Å². The molecule has 0 radical (unpaired) electrons. The fraction of sp³-hybridized carbons (Fsp3) is 0.600. The Kier molecular flexibility index (Phi) is 9.41. The number of allylic oxidation sites excluding steroid dienone is 2. The molecule has 1 aromatic rings. The maximum absolute atomic E-state index is 2.41. The molecule has 0 amide bonds. The summed E-state index contributed by atoms with van der Waals surface area (Å²) >= 11 is 1.93. The lowest BCUT2D eigenvalue weighted by Crippen LogP contribution is -1.81. The first-order chi connectivity index (χ1) is 10.2. The maximum atomic E-state index is 2.41. The van der Waals surface area contributed by atoms with E-state index in [1.54, 1.807) is 11.1 Å². The molecule has 0 aliphatic carbocycles. The first-order valence-electron chi connectivity index (χ1n) is 8.72. The first kappa shape index (κ1) is 18.2. The van der Waals surface area contributed by atoms with Crippen LogP contribution in [0.15, 0.2) is 23.3 Å². The molecule has 0 bridgehead atoms. The zero-order chi connectivity index (χ0) is 15.5. The standard InChI is InChI=1S/C20H32S/c1-5-9-11-17(7-3)15-19-13-14-20(21-19)16-18(8-4)12-10-6-2/h13-16H,5-12H2,1-4H3. The summed E-state index contributed by atoms with van der Waals surface area (Å²) in [5.74, 6) is 0. The molecule has 0 saturated heterocycles. The van der Waals surface area contributed by atoms with Gasteiger partial charge in [-0.1, -0.05) is 51.7 Å². The molecule has 0 saturated carbocycles. The number of rotatable bonds is 10. The van der Waals surface area contributed by atoms with Crippen molar-refractivity contribution in [3.63, 3.8) is 0 Å². The van der Waals surface area contributed by atoms with Gasteiger partial charge in [0.05, 0.1) is 0 Å². The van der Waals surface area contributed by atoms with E-state index in [4.69, 9.17) is 0 Å². The first-order valence-corrected chi connectivity index (χ1v) is 9.53. The lowest BCUT2D eigenvalue weighted by atomic mass is 10.1. The molecule has 0 atom stereocenters. The van der Waals surface area contributed by atoms with Gasteiger partial charge in [0.15, 0.2) is 0 Å². The van der Waals surface area contributed by atoms with E-state index in [1.165, 1.54) is 61.1 Å². The fourth-order valence-electron chi connectivity index (χ4n) is 2.44. The van der Waals surface area contributed by atoms with E-state index in [9.17, 15) is 0 Å². The average molecular weight is 305 g/mol. The normalized spacial score (nSPS) is 13.0. The summed E-state index contributed by atoms with van der Waals surface area (Å²) in [5.41, 5.74) is 3.19. The van der Waals surface area contributed by atoms with Crippen LogP contribution in [0.1, 0.15) is 88.8 Å². The summed E-state index contributed by atoms with van der Waals surface area (Å²) in [6.07, 6.45) is 14.9. The van der Waals surface area contributed by atoms with E-state index in [-0.39, 0.29) is 0 Å². The summed E-state index contributed by atoms with van der Waals surface area (Å²) < 4.78 is 0. The number of unbranched alkanes of at least 4 members (excludes halogenated alkanes) is 2. The molecule has 0 unspecified atom stereocenters. The van der Waals surface area contributed by atoms with E-state index in [1.807, 2.05) is 11.3 Å². The van der Waals surface area contributed by atoms with E-state index >= 15 is 0 Å². The second kappa shape index (κ2) is 10.8. The van der Waals surface area contributed by atoms with Gasteiger partial charge in [0.2, 0.25) is 0 Å². The molecular formula is C20H32S. The molecule has 0 fully saturated rings. The van der Waals surface area contributed by atoms with Gasteiger partial charge in [-0.2, -0.15) is 0 Å². The molecule has 0 N–H and O–H groups in total. The van der Waals surface area contributed by atoms with Crippen LogP contribution in [0.4, 0.5) is 0 Å². The number of hydrogen-bond acceptors (Lipinski definition) is 1. The second-order valence-electron chi connectivity index (χ2n) is 5.76. The van der Waals surface area contributed by atoms with Gasteiger partial charge in [0.1, 0.15) is 0 Å². The van der Waals surface area contributed by atoms with E-state index in [2.05, 4.69) is 52.0 Å². The van der Waals surface area contributed by atoms with Gasteiger partial charge in [-0.3, -0.25) is 0 Å². The molecule has 1 heteroatoms. The van der Waals surface area contributed by atoms with E-state index < -0.39 is 0 Å². The Balaban J connectivity index is 2.75. The van der Waals surface area contributed by atoms with Crippen LogP contribution in [-0.4, -0.2) is 0 Å². The molecule has 0 aromatic carbocycles. The summed E-state index contributed by atoms with van der Waals surface area (Å²) in [7, 11) is 0. The Bertz CT molecular complexity index is 408. The highest BCUT2D eigenvalue weighted by atomic mass is 32.1. The Morgan fingerprint density at radius 3 is 1.57 bits per heavy atom.